The van der Waals surface area contributed by atoms with Crippen LogP contribution in [0.2, 0.25) is 0 Å². The number of nitrogens with one attached hydrogen (secondary N) is 1. The molecule has 0 aromatic heterocycles. The Morgan fingerprint density at radius 3 is 2.07 bits per heavy atom. The Hall–Kier alpha value is -0.120. The van der Waals surface area contributed by atoms with Crippen LogP contribution in [0.5, 0.6) is 0 Å². The van der Waals surface area contributed by atoms with Crippen LogP contribution in [0.25, 0.3) is 0 Å². The van der Waals surface area contributed by atoms with E-state index < -0.39 is 12.5 Å². The summed E-state index contributed by atoms with van der Waals surface area (Å²) in [5.41, 5.74) is 0. The second-order valence-electron chi connectivity index (χ2n) is 3.84. The molecule has 0 aromatic rings. The second-order valence-corrected chi connectivity index (χ2v) is 3.84. The first-order chi connectivity index (χ1) is 6.70. The van der Waals surface area contributed by atoms with Crippen molar-refractivity contribution >= 4 is 0 Å². The number of unbranched alkanes of at least 4 members (excludes halogenated alkanes) is 3. The smallest absolute Gasteiger partial charge is 0.106 e. The minimum atomic E-state index is -0.554. The minimum absolute atomic E-state index is 0.548. The average molecular weight is 203 g/mol. The van der Waals surface area contributed by atoms with Gasteiger partial charge in [0, 0.05) is 0 Å². The third-order valence-electron chi connectivity index (χ3n) is 2.28. The Morgan fingerprint density at radius 2 is 1.50 bits per heavy atom. The number of hydrogen-bond donors (Lipinski definition) is 3. The van der Waals surface area contributed by atoms with Crippen molar-refractivity contribution in [2.24, 2.45) is 0 Å². The minimum Gasteiger partial charge on any atom is -0.379 e. The van der Waals surface area contributed by atoms with E-state index in [9.17, 15) is 10.2 Å². The molecule has 0 rings (SSSR count). The van der Waals surface area contributed by atoms with Crippen LogP contribution in [0, 0.1) is 0 Å². The number of aliphatic hydroxyl groups is 2. The van der Waals surface area contributed by atoms with E-state index in [-0.39, 0.29) is 0 Å². The van der Waals surface area contributed by atoms with Gasteiger partial charge in [-0.05, 0) is 19.3 Å². The van der Waals surface area contributed by atoms with Crippen molar-refractivity contribution in [1.82, 2.24) is 5.32 Å². The monoisotopic (exact) mass is 203 g/mol. The van der Waals surface area contributed by atoms with Gasteiger partial charge in [-0.25, -0.2) is 0 Å². The van der Waals surface area contributed by atoms with Gasteiger partial charge >= 0.3 is 0 Å². The van der Waals surface area contributed by atoms with E-state index in [1.807, 2.05) is 6.92 Å². The molecule has 0 heterocycles. The lowest BCUT2D eigenvalue weighted by Crippen LogP contribution is -2.37. The third kappa shape index (κ3) is 8.48. The molecule has 0 aliphatic heterocycles. The molecule has 0 amide bonds. The van der Waals surface area contributed by atoms with Crippen LogP contribution in [-0.4, -0.2) is 22.7 Å². The van der Waals surface area contributed by atoms with Gasteiger partial charge in [0.2, 0.25) is 0 Å². The highest BCUT2D eigenvalue weighted by Crippen LogP contribution is 2.05. The second kappa shape index (κ2) is 9.44. The van der Waals surface area contributed by atoms with Gasteiger partial charge in [0.15, 0.2) is 0 Å². The number of rotatable bonds is 9. The fourth-order valence-corrected chi connectivity index (χ4v) is 1.43. The molecule has 0 bridgehead atoms. The average Bonchev–Trinajstić information content (AvgIpc) is 2.13. The molecule has 0 saturated heterocycles. The van der Waals surface area contributed by atoms with Gasteiger partial charge in [-0.1, -0.05) is 39.5 Å². The molecule has 3 nitrogen and oxygen atoms in total. The molecule has 0 radical (unpaired) electrons. The predicted molar refractivity (Wildman–Crippen MR) is 58.8 cm³/mol. The zero-order valence-electron chi connectivity index (χ0n) is 9.50. The zero-order chi connectivity index (χ0) is 10.8. The maximum Gasteiger partial charge on any atom is 0.106 e. The maximum absolute atomic E-state index is 9.47. The summed E-state index contributed by atoms with van der Waals surface area (Å²) in [6.07, 6.45) is 5.89. The highest BCUT2D eigenvalue weighted by Gasteiger charge is 2.08. The first-order valence-electron chi connectivity index (χ1n) is 5.82. The quantitative estimate of drug-likeness (QED) is 0.397. The molecule has 0 saturated carbocycles. The molecule has 0 aliphatic rings. The van der Waals surface area contributed by atoms with Crippen molar-refractivity contribution in [2.75, 3.05) is 0 Å². The molecular weight excluding hydrogens is 178 g/mol. The van der Waals surface area contributed by atoms with Gasteiger partial charge in [-0.15, -0.1) is 0 Å². The summed E-state index contributed by atoms with van der Waals surface area (Å²) in [7, 11) is 0. The summed E-state index contributed by atoms with van der Waals surface area (Å²) < 4.78 is 0. The SMILES string of the molecule is CCCCCCC(O)NC(O)CCC. The Balaban J connectivity index is 3.30. The van der Waals surface area contributed by atoms with Crippen molar-refractivity contribution in [2.45, 2.75) is 71.2 Å². The van der Waals surface area contributed by atoms with E-state index in [0.717, 1.165) is 19.3 Å². The van der Waals surface area contributed by atoms with Crippen LogP contribution in [0.15, 0.2) is 0 Å². The summed E-state index contributed by atoms with van der Waals surface area (Å²) in [6.45, 7) is 4.18. The number of hydrogen-bond acceptors (Lipinski definition) is 3. The Bertz CT molecular complexity index is 120. The van der Waals surface area contributed by atoms with Crippen molar-refractivity contribution in [3.05, 3.63) is 0 Å². The van der Waals surface area contributed by atoms with Crippen LogP contribution < -0.4 is 5.32 Å². The summed E-state index contributed by atoms with van der Waals surface area (Å²) in [4.78, 5) is 0. The fourth-order valence-electron chi connectivity index (χ4n) is 1.43. The lowest BCUT2D eigenvalue weighted by molar-refractivity contribution is 0.0320. The summed E-state index contributed by atoms with van der Waals surface area (Å²) in [6, 6.07) is 0. The normalized spacial score (nSPS) is 15.4. The Labute approximate surface area is 87.5 Å². The van der Waals surface area contributed by atoms with E-state index in [0.29, 0.717) is 6.42 Å². The molecule has 86 valence electrons. The molecule has 0 spiro atoms. The van der Waals surface area contributed by atoms with Gasteiger partial charge in [0.25, 0.3) is 0 Å². The standard InChI is InChI=1S/C11H25NO2/c1-3-5-6-7-9-11(14)12-10(13)8-4-2/h10-14H,3-9H2,1-2H3. The molecule has 14 heavy (non-hydrogen) atoms. The summed E-state index contributed by atoms with van der Waals surface area (Å²) in [5.74, 6) is 0. The van der Waals surface area contributed by atoms with Crippen molar-refractivity contribution < 1.29 is 10.2 Å². The highest BCUT2D eigenvalue weighted by atomic mass is 16.3. The van der Waals surface area contributed by atoms with Crippen molar-refractivity contribution in [3.63, 3.8) is 0 Å². The molecule has 3 N–H and O–H groups in total. The van der Waals surface area contributed by atoms with E-state index in [4.69, 9.17) is 0 Å². The van der Waals surface area contributed by atoms with Crippen LogP contribution in [-0.2, 0) is 0 Å². The fraction of sp³-hybridized carbons (Fsp3) is 1.00. The Morgan fingerprint density at radius 1 is 0.857 bits per heavy atom. The van der Waals surface area contributed by atoms with Crippen LogP contribution in [0.3, 0.4) is 0 Å². The lowest BCUT2D eigenvalue weighted by Gasteiger charge is -2.17. The van der Waals surface area contributed by atoms with E-state index in [2.05, 4.69) is 12.2 Å². The third-order valence-corrected chi connectivity index (χ3v) is 2.28. The van der Waals surface area contributed by atoms with E-state index >= 15 is 0 Å². The topological polar surface area (TPSA) is 52.5 Å². The first-order valence-corrected chi connectivity index (χ1v) is 5.82. The summed E-state index contributed by atoms with van der Waals surface area (Å²) in [5, 5.41) is 21.6. The van der Waals surface area contributed by atoms with Crippen molar-refractivity contribution in [3.8, 4) is 0 Å². The predicted octanol–water partition coefficient (Wildman–Crippen LogP) is 1.98. The largest absolute Gasteiger partial charge is 0.379 e. The van der Waals surface area contributed by atoms with Crippen LogP contribution in [0.4, 0.5) is 0 Å². The zero-order valence-corrected chi connectivity index (χ0v) is 9.50. The van der Waals surface area contributed by atoms with Crippen LogP contribution >= 0.6 is 0 Å². The van der Waals surface area contributed by atoms with Gasteiger partial charge in [-0.3, -0.25) is 5.32 Å². The number of aliphatic hydroxyl groups excluding tert-OH is 2. The molecular formula is C11H25NO2. The van der Waals surface area contributed by atoms with Gasteiger partial charge in [0.05, 0.1) is 0 Å². The highest BCUT2D eigenvalue weighted by molar-refractivity contribution is 4.57. The maximum atomic E-state index is 9.47. The summed E-state index contributed by atoms with van der Waals surface area (Å²) >= 11 is 0. The van der Waals surface area contributed by atoms with E-state index in [1.54, 1.807) is 0 Å². The van der Waals surface area contributed by atoms with Gasteiger partial charge < -0.3 is 10.2 Å². The van der Waals surface area contributed by atoms with Gasteiger partial charge in [-0.2, -0.15) is 0 Å². The molecule has 0 aliphatic carbocycles. The molecule has 3 heteroatoms. The van der Waals surface area contributed by atoms with E-state index in [1.165, 1.54) is 19.3 Å². The molecule has 0 aromatic carbocycles. The Kier molecular flexibility index (Phi) is 9.35. The molecule has 2 atom stereocenters. The van der Waals surface area contributed by atoms with Gasteiger partial charge in [0.1, 0.15) is 12.5 Å². The lowest BCUT2D eigenvalue weighted by atomic mass is 10.1. The van der Waals surface area contributed by atoms with Crippen LogP contribution in [0.1, 0.15) is 58.8 Å². The molecule has 0 fully saturated rings. The van der Waals surface area contributed by atoms with Crippen molar-refractivity contribution in [1.29, 1.82) is 0 Å². The molecule has 2 unspecified atom stereocenters. The first kappa shape index (κ1) is 13.9.